The van der Waals surface area contributed by atoms with Crippen LogP contribution < -0.4 is 0 Å². The normalized spacial score (nSPS) is 11.9. The van der Waals surface area contributed by atoms with Gasteiger partial charge in [-0.15, -0.1) is 0 Å². The highest BCUT2D eigenvalue weighted by atomic mass is 16.2. The molecule has 1 heteroatoms. The number of rotatable bonds is 14. The van der Waals surface area contributed by atoms with Crippen molar-refractivity contribution in [3.63, 3.8) is 0 Å². The van der Waals surface area contributed by atoms with Gasteiger partial charge in [-0.3, -0.25) is 0 Å². The lowest BCUT2D eigenvalue weighted by Gasteiger charge is -1.99. The van der Waals surface area contributed by atoms with Gasteiger partial charge in [0.05, 0.1) is 0 Å². The molecule has 0 saturated carbocycles. The first-order valence-electron chi connectivity index (χ1n) is 8.34. The predicted molar refractivity (Wildman–Crippen MR) is 86.4 cm³/mol. The van der Waals surface area contributed by atoms with Crippen LogP contribution in [0.25, 0.3) is 0 Å². The maximum absolute atomic E-state index is 8.66. The zero-order valence-corrected chi connectivity index (χ0v) is 12.9. The Labute approximate surface area is 120 Å². The molecule has 112 valence electrons. The summed E-state index contributed by atoms with van der Waals surface area (Å²) >= 11 is 0. The van der Waals surface area contributed by atoms with Crippen LogP contribution >= 0.6 is 0 Å². The molecule has 1 N–H and O–H groups in total. The molecule has 1 nitrogen and oxygen atoms in total. The Bertz CT molecular complexity index is 206. The van der Waals surface area contributed by atoms with Gasteiger partial charge < -0.3 is 5.11 Å². The second-order valence-electron chi connectivity index (χ2n) is 5.34. The minimum Gasteiger partial charge on any atom is -0.396 e. The maximum Gasteiger partial charge on any atom is 0.0431 e. The van der Waals surface area contributed by atoms with Crippen LogP contribution in [0.1, 0.15) is 84.0 Å². The van der Waals surface area contributed by atoms with Gasteiger partial charge in [-0.2, -0.15) is 0 Å². The third-order valence-corrected chi connectivity index (χ3v) is 3.39. The van der Waals surface area contributed by atoms with Crippen LogP contribution in [0, 0.1) is 0 Å². The molecule has 0 aromatic carbocycles. The van der Waals surface area contributed by atoms with E-state index in [0.717, 1.165) is 6.42 Å². The Hall–Kier alpha value is -0.560. The van der Waals surface area contributed by atoms with Crippen LogP contribution in [-0.2, 0) is 0 Å². The first-order valence-corrected chi connectivity index (χ1v) is 8.34. The molecular formula is C18H34O. The van der Waals surface area contributed by atoms with Crippen LogP contribution in [0.3, 0.4) is 0 Å². The van der Waals surface area contributed by atoms with Gasteiger partial charge in [0.15, 0.2) is 0 Å². The van der Waals surface area contributed by atoms with Gasteiger partial charge in [0.1, 0.15) is 0 Å². The summed E-state index contributed by atoms with van der Waals surface area (Å²) < 4.78 is 0. The van der Waals surface area contributed by atoms with E-state index in [0.29, 0.717) is 6.61 Å². The standard InChI is InChI=1S/C18H34O/c1-2-3-4-5-6-7-8-9-10-11-12-13-14-15-16-17-18-19/h6-9,19H,2-5,10-18H2,1H3/b7-6-,9-8+. The van der Waals surface area contributed by atoms with Gasteiger partial charge in [-0.1, -0.05) is 76.2 Å². The molecule has 0 heterocycles. The Balaban J connectivity index is 3.12. The second kappa shape index (κ2) is 17.4. The Morgan fingerprint density at radius 1 is 0.632 bits per heavy atom. The highest BCUT2D eigenvalue weighted by molar-refractivity contribution is 5.02. The lowest BCUT2D eigenvalue weighted by atomic mass is 10.1. The summed E-state index contributed by atoms with van der Waals surface area (Å²) in [6.45, 7) is 2.60. The van der Waals surface area contributed by atoms with E-state index < -0.39 is 0 Å². The predicted octanol–water partition coefficient (Wildman–Crippen LogP) is 5.79. The molecule has 0 saturated heterocycles. The number of hydrogen-bond acceptors (Lipinski definition) is 1. The molecule has 0 radical (unpaired) electrons. The molecule has 0 aliphatic carbocycles. The van der Waals surface area contributed by atoms with Crippen LogP contribution in [-0.4, -0.2) is 11.7 Å². The fourth-order valence-electron chi connectivity index (χ4n) is 2.12. The monoisotopic (exact) mass is 266 g/mol. The van der Waals surface area contributed by atoms with E-state index in [4.69, 9.17) is 5.11 Å². The fourth-order valence-corrected chi connectivity index (χ4v) is 2.12. The van der Waals surface area contributed by atoms with Crippen molar-refractivity contribution in [1.29, 1.82) is 0 Å². The number of allylic oxidation sites excluding steroid dienone is 4. The Morgan fingerprint density at radius 3 is 1.63 bits per heavy atom. The molecule has 0 bridgehead atoms. The first-order chi connectivity index (χ1) is 9.41. The molecule has 0 aromatic heterocycles. The van der Waals surface area contributed by atoms with Crippen molar-refractivity contribution in [2.45, 2.75) is 84.0 Å². The minimum absolute atomic E-state index is 0.358. The molecule has 0 amide bonds. The number of aliphatic hydroxyl groups is 1. The summed E-state index contributed by atoms with van der Waals surface area (Å²) in [6, 6.07) is 0. The van der Waals surface area contributed by atoms with Crippen molar-refractivity contribution in [1.82, 2.24) is 0 Å². The molecule has 0 aliphatic heterocycles. The largest absolute Gasteiger partial charge is 0.396 e. The quantitative estimate of drug-likeness (QED) is 0.311. The van der Waals surface area contributed by atoms with E-state index in [-0.39, 0.29) is 0 Å². The second-order valence-corrected chi connectivity index (χ2v) is 5.34. The Morgan fingerprint density at radius 2 is 1.11 bits per heavy atom. The summed E-state index contributed by atoms with van der Waals surface area (Å²) in [7, 11) is 0. The van der Waals surface area contributed by atoms with E-state index in [1.54, 1.807) is 0 Å². The van der Waals surface area contributed by atoms with Crippen molar-refractivity contribution < 1.29 is 5.11 Å². The van der Waals surface area contributed by atoms with Gasteiger partial charge in [-0.05, 0) is 32.1 Å². The van der Waals surface area contributed by atoms with E-state index in [1.165, 1.54) is 70.6 Å². The summed E-state index contributed by atoms with van der Waals surface area (Å²) in [5.74, 6) is 0. The van der Waals surface area contributed by atoms with Crippen molar-refractivity contribution in [3.05, 3.63) is 24.3 Å². The molecular weight excluding hydrogens is 232 g/mol. The third-order valence-electron chi connectivity index (χ3n) is 3.39. The maximum atomic E-state index is 8.66. The number of hydrogen-bond donors (Lipinski definition) is 1. The van der Waals surface area contributed by atoms with Gasteiger partial charge in [-0.25, -0.2) is 0 Å². The van der Waals surface area contributed by atoms with Crippen molar-refractivity contribution in [2.75, 3.05) is 6.61 Å². The van der Waals surface area contributed by atoms with Crippen molar-refractivity contribution in [2.24, 2.45) is 0 Å². The minimum atomic E-state index is 0.358. The van der Waals surface area contributed by atoms with E-state index in [2.05, 4.69) is 31.2 Å². The topological polar surface area (TPSA) is 20.2 Å². The van der Waals surface area contributed by atoms with Crippen LogP contribution in [0.15, 0.2) is 24.3 Å². The molecule has 0 aliphatic rings. The van der Waals surface area contributed by atoms with Gasteiger partial charge >= 0.3 is 0 Å². The van der Waals surface area contributed by atoms with Gasteiger partial charge in [0.2, 0.25) is 0 Å². The molecule has 0 aromatic rings. The van der Waals surface area contributed by atoms with E-state index in [1.807, 2.05) is 0 Å². The lowest BCUT2D eigenvalue weighted by molar-refractivity contribution is 0.282. The smallest absolute Gasteiger partial charge is 0.0431 e. The zero-order valence-electron chi connectivity index (χ0n) is 12.9. The van der Waals surface area contributed by atoms with Crippen LogP contribution in [0.4, 0.5) is 0 Å². The average molecular weight is 266 g/mol. The average Bonchev–Trinajstić information content (AvgIpc) is 2.43. The van der Waals surface area contributed by atoms with Crippen molar-refractivity contribution >= 4 is 0 Å². The summed E-state index contributed by atoms with van der Waals surface area (Å²) in [5, 5.41) is 8.66. The summed E-state index contributed by atoms with van der Waals surface area (Å²) in [4.78, 5) is 0. The number of aliphatic hydroxyl groups excluding tert-OH is 1. The molecule has 0 unspecified atom stereocenters. The molecule has 0 atom stereocenters. The summed E-state index contributed by atoms with van der Waals surface area (Å²) in [5.41, 5.74) is 0. The number of unbranched alkanes of at least 4 members (excludes halogenated alkanes) is 10. The molecule has 0 rings (SSSR count). The van der Waals surface area contributed by atoms with E-state index >= 15 is 0 Å². The molecule has 19 heavy (non-hydrogen) atoms. The van der Waals surface area contributed by atoms with E-state index in [9.17, 15) is 0 Å². The Kier molecular flexibility index (Phi) is 16.9. The lowest BCUT2D eigenvalue weighted by Crippen LogP contribution is -1.83. The van der Waals surface area contributed by atoms with Crippen LogP contribution in [0.5, 0.6) is 0 Å². The third kappa shape index (κ3) is 17.4. The van der Waals surface area contributed by atoms with Crippen molar-refractivity contribution in [3.8, 4) is 0 Å². The van der Waals surface area contributed by atoms with Crippen LogP contribution in [0.2, 0.25) is 0 Å². The molecule has 0 spiro atoms. The highest BCUT2D eigenvalue weighted by Gasteiger charge is 1.90. The first kappa shape index (κ1) is 18.4. The fraction of sp³-hybridized carbons (Fsp3) is 0.778. The summed E-state index contributed by atoms with van der Waals surface area (Å²) in [6.07, 6.45) is 24.2. The zero-order chi connectivity index (χ0) is 14.0. The highest BCUT2D eigenvalue weighted by Crippen LogP contribution is 2.08. The SMILES string of the molecule is CCCCC/C=C\C=C\CCCCCCCCCO. The van der Waals surface area contributed by atoms with Gasteiger partial charge in [0, 0.05) is 6.61 Å². The van der Waals surface area contributed by atoms with Gasteiger partial charge in [0.25, 0.3) is 0 Å². The molecule has 0 fully saturated rings.